The summed E-state index contributed by atoms with van der Waals surface area (Å²) >= 11 is 1.10. The lowest BCUT2D eigenvalue weighted by Crippen LogP contribution is -2.31. The van der Waals surface area contributed by atoms with Gasteiger partial charge in [0.25, 0.3) is 11.1 Å². The molecule has 0 aliphatic carbocycles. The number of benzene rings is 1. The number of hydrazone groups is 1. The van der Waals surface area contributed by atoms with E-state index in [1.807, 2.05) is 18.2 Å². The number of nitrogens with zero attached hydrogens (tertiary/aromatic N) is 3. The van der Waals surface area contributed by atoms with Crippen molar-refractivity contribution < 1.29 is 27.6 Å². The Morgan fingerprint density at radius 3 is 2.72 bits per heavy atom. The number of carbonyl (C=O) groups excluding carboxylic acids is 2. The van der Waals surface area contributed by atoms with E-state index in [1.54, 1.807) is 36.6 Å². The number of ether oxygens (including phenoxy) is 1. The maximum absolute atomic E-state index is 12.8. The molecule has 1 aromatic carbocycles. The Bertz CT molecular complexity index is 1230. The van der Waals surface area contributed by atoms with Crippen molar-refractivity contribution in [3.63, 3.8) is 0 Å². The highest BCUT2D eigenvalue weighted by Gasteiger charge is 2.36. The van der Waals surface area contributed by atoms with Crippen molar-refractivity contribution in [3.8, 4) is 0 Å². The Kier molecular flexibility index (Phi) is 5.51. The number of aromatic nitrogens is 1. The highest BCUT2D eigenvalue weighted by Crippen LogP contribution is 2.33. The summed E-state index contributed by atoms with van der Waals surface area (Å²) in [4.78, 5) is 29.2. The van der Waals surface area contributed by atoms with Crippen LogP contribution >= 0.6 is 11.8 Å². The second-order valence-electron chi connectivity index (χ2n) is 6.89. The second-order valence-corrected chi connectivity index (χ2v) is 7.82. The van der Waals surface area contributed by atoms with Gasteiger partial charge in [-0.05, 0) is 36.4 Å². The van der Waals surface area contributed by atoms with Crippen molar-refractivity contribution in [2.75, 3.05) is 12.4 Å². The van der Waals surface area contributed by atoms with Crippen molar-refractivity contribution in [1.29, 1.82) is 0 Å². The van der Waals surface area contributed by atoms with Crippen LogP contribution in [0.15, 0.2) is 84.6 Å². The van der Waals surface area contributed by atoms with Gasteiger partial charge in [-0.25, -0.2) is 9.99 Å². The van der Waals surface area contributed by atoms with E-state index in [1.165, 1.54) is 11.3 Å². The fourth-order valence-electron chi connectivity index (χ4n) is 3.32. The number of thioether (sulfide) groups is 1. The molecule has 1 aliphatic heterocycles. The van der Waals surface area contributed by atoms with Gasteiger partial charge in [0.05, 0.1) is 12.5 Å². The van der Waals surface area contributed by atoms with Gasteiger partial charge >= 0.3 is 5.97 Å². The van der Waals surface area contributed by atoms with Gasteiger partial charge in [-0.1, -0.05) is 23.9 Å². The lowest BCUT2D eigenvalue weighted by atomic mass is 10.1. The van der Waals surface area contributed by atoms with E-state index in [0.717, 1.165) is 11.8 Å². The van der Waals surface area contributed by atoms with Crippen molar-refractivity contribution in [2.45, 2.75) is 17.7 Å². The van der Waals surface area contributed by atoms with Gasteiger partial charge in [-0.15, -0.1) is 0 Å². The van der Waals surface area contributed by atoms with Crippen LogP contribution in [0.4, 0.5) is 0 Å². The van der Waals surface area contributed by atoms with E-state index < -0.39 is 24.5 Å². The van der Waals surface area contributed by atoms with Crippen LogP contribution in [0.25, 0.3) is 11.1 Å². The molecule has 1 unspecified atom stereocenters. The Morgan fingerprint density at radius 1 is 1.09 bits per heavy atom. The minimum Gasteiger partial charge on any atom is -0.467 e. The molecule has 1 atom stereocenters. The van der Waals surface area contributed by atoms with Gasteiger partial charge in [0.1, 0.15) is 34.5 Å². The number of esters is 1. The normalized spacial score (nSPS) is 15.8. The first-order chi connectivity index (χ1) is 15.7. The topological polar surface area (TPSA) is 111 Å². The van der Waals surface area contributed by atoms with E-state index in [0.29, 0.717) is 40.0 Å². The van der Waals surface area contributed by atoms with Crippen LogP contribution in [0.2, 0.25) is 0 Å². The van der Waals surface area contributed by atoms with Gasteiger partial charge in [0.15, 0.2) is 12.2 Å². The zero-order chi connectivity index (χ0) is 21.9. The number of hydrogen-bond donors (Lipinski definition) is 0. The number of rotatable bonds is 7. The number of para-hydroxylation sites is 2. The van der Waals surface area contributed by atoms with Gasteiger partial charge in [0, 0.05) is 6.42 Å². The number of oxazole rings is 1. The third-order valence-electron chi connectivity index (χ3n) is 4.79. The third kappa shape index (κ3) is 4.17. The molecule has 10 heteroatoms. The minimum atomic E-state index is -0.561. The summed E-state index contributed by atoms with van der Waals surface area (Å²) in [5, 5.41) is 6.03. The van der Waals surface area contributed by atoms with Gasteiger partial charge in [-0.2, -0.15) is 5.10 Å². The first kappa shape index (κ1) is 20.1. The zero-order valence-electron chi connectivity index (χ0n) is 16.7. The van der Waals surface area contributed by atoms with Crippen LogP contribution in [0, 0.1) is 0 Å². The van der Waals surface area contributed by atoms with Crippen molar-refractivity contribution in [3.05, 3.63) is 72.6 Å². The van der Waals surface area contributed by atoms with Crippen LogP contribution in [0.1, 0.15) is 24.0 Å². The first-order valence-corrected chi connectivity index (χ1v) is 10.8. The summed E-state index contributed by atoms with van der Waals surface area (Å²) in [6.07, 6.45) is 3.50. The number of hydrogen-bond acceptors (Lipinski definition) is 9. The summed E-state index contributed by atoms with van der Waals surface area (Å²) in [6.45, 7) is -0.445. The molecular weight excluding hydrogens is 434 g/mol. The summed E-state index contributed by atoms with van der Waals surface area (Å²) in [5.74, 6) is 0.0932. The van der Waals surface area contributed by atoms with E-state index in [-0.39, 0.29) is 5.75 Å². The summed E-state index contributed by atoms with van der Waals surface area (Å²) in [6, 6.07) is 13.9. The van der Waals surface area contributed by atoms with Crippen LogP contribution in [0.3, 0.4) is 0 Å². The third-order valence-corrected chi connectivity index (χ3v) is 5.59. The predicted octanol–water partition coefficient (Wildman–Crippen LogP) is 4.03. The molecule has 4 aromatic rings. The van der Waals surface area contributed by atoms with Crippen LogP contribution < -0.4 is 0 Å². The van der Waals surface area contributed by atoms with Gasteiger partial charge in [0.2, 0.25) is 0 Å². The number of carbonyl (C=O) groups is 2. The van der Waals surface area contributed by atoms with Crippen molar-refractivity contribution in [2.24, 2.45) is 5.10 Å². The molecule has 0 radical (unpaired) electrons. The monoisotopic (exact) mass is 451 g/mol. The maximum atomic E-state index is 12.8. The Hall–Kier alpha value is -3.79. The van der Waals surface area contributed by atoms with E-state index in [9.17, 15) is 9.59 Å². The molecule has 1 amide bonds. The molecule has 32 heavy (non-hydrogen) atoms. The minimum absolute atomic E-state index is 0.0391. The zero-order valence-corrected chi connectivity index (χ0v) is 17.5. The fourth-order valence-corrected chi connectivity index (χ4v) is 3.95. The first-order valence-electron chi connectivity index (χ1n) is 9.78. The summed E-state index contributed by atoms with van der Waals surface area (Å²) in [5.41, 5.74) is 1.96. The lowest BCUT2D eigenvalue weighted by molar-refractivity contribution is -0.150. The Labute approximate surface area is 186 Å². The second kappa shape index (κ2) is 8.75. The Balaban J connectivity index is 1.20. The summed E-state index contributed by atoms with van der Waals surface area (Å²) < 4.78 is 21.6. The quantitative estimate of drug-likeness (QED) is 0.306. The smallest absolute Gasteiger partial charge is 0.316 e. The van der Waals surface area contributed by atoms with Gasteiger partial charge < -0.3 is 18.0 Å². The van der Waals surface area contributed by atoms with Crippen LogP contribution in [-0.4, -0.2) is 39.9 Å². The average Bonchev–Trinajstić information content (AvgIpc) is 3.61. The molecule has 1 aliphatic rings. The molecule has 0 bridgehead atoms. The van der Waals surface area contributed by atoms with E-state index >= 15 is 0 Å². The molecule has 4 heterocycles. The summed E-state index contributed by atoms with van der Waals surface area (Å²) in [7, 11) is 0. The average molecular weight is 451 g/mol. The highest BCUT2D eigenvalue weighted by atomic mass is 32.2. The molecule has 0 fully saturated rings. The number of fused-ring (bicyclic) bond motifs is 1. The van der Waals surface area contributed by atoms with E-state index in [4.69, 9.17) is 18.0 Å². The van der Waals surface area contributed by atoms with E-state index in [2.05, 4.69) is 10.1 Å². The molecule has 162 valence electrons. The molecular formula is C22H17N3O6S. The van der Waals surface area contributed by atoms with Crippen LogP contribution in [-0.2, 0) is 14.3 Å². The lowest BCUT2D eigenvalue weighted by Gasteiger charge is -2.19. The molecule has 9 nitrogen and oxygen atoms in total. The largest absolute Gasteiger partial charge is 0.467 e. The van der Waals surface area contributed by atoms with Crippen molar-refractivity contribution in [1.82, 2.24) is 9.99 Å². The fraction of sp³-hybridized carbons (Fsp3) is 0.182. The molecule has 0 saturated heterocycles. The molecule has 0 spiro atoms. The standard InChI is InChI=1S/C22H17N3O6S/c26-20(12-30-21(27)13-32-22-23-14-5-1-2-6-18(14)31-22)25-16(19-8-4-10-29-19)11-15(24-25)17-7-3-9-28-17/h1-10,16H,11-13H2. The van der Waals surface area contributed by atoms with Crippen LogP contribution in [0.5, 0.6) is 0 Å². The van der Waals surface area contributed by atoms with Gasteiger partial charge in [-0.3, -0.25) is 9.59 Å². The maximum Gasteiger partial charge on any atom is 0.316 e. The SMILES string of the molecule is O=C(CSc1nc2ccccc2o1)OCC(=O)N1N=C(c2ccco2)CC1c1ccco1. The Morgan fingerprint density at radius 2 is 1.94 bits per heavy atom. The molecule has 0 saturated carbocycles. The number of amides is 1. The number of furan rings is 2. The highest BCUT2D eigenvalue weighted by molar-refractivity contribution is 7.99. The van der Waals surface area contributed by atoms with Crippen molar-refractivity contribution >= 4 is 40.4 Å². The molecule has 5 rings (SSSR count). The molecule has 3 aromatic heterocycles. The molecule has 0 N–H and O–H groups in total. The predicted molar refractivity (Wildman–Crippen MR) is 114 cm³/mol.